The summed E-state index contributed by atoms with van der Waals surface area (Å²) in [6, 6.07) is 17.5. The highest BCUT2D eigenvalue weighted by molar-refractivity contribution is 7.92. The fourth-order valence-corrected chi connectivity index (χ4v) is 6.27. The normalized spacial score (nSPS) is 12.5. The van der Waals surface area contributed by atoms with Crippen LogP contribution in [0.25, 0.3) is 0 Å². The van der Waals surface area contributed by atoms with Crippen LogP contribution >= 0.6 is 0 Å². The van der Waals surface area contributed by atoms with Gasteiger partial charge in [0.15, 0.2) is 11.5 Å². The van der Waals surface area contributed by atoms with Gasteiger partial charge in [0.2, 0.25) is 11.8 Å². The number of methoxy groups -OCH3 is 2. The molecule has 10 nitrogen and oxygen atoms in total. The van der Waals surface area contributed by atoms with Gasteiger partial charge in [0, 0.05) is 18.7 Å². The number of amides is 2. The van der Waals surface area contributed by atoms with Crippen molar-refractivity contribution in [2.45, 2.75) is 71.0 Å². The van der Waals surface area contributed by atoms with Crippen molar-refractivity contribution >= 4 is 27.5 Å². The summed E-state index contributed by atoms with van der Waals surface area (Å²) in [5.74, 6) is 0.338. The highest BCUT2D eigenvalue weighted by atomic mass is 32.2. The van der Waals surface area contributed by atoms with Gasteiger partial charge in [-0.1, -0.05) is 38.1 Å². The molecule has 45 heavy (non-hydrogen) atoms. The minimum Gasteiger partial charge on any atom is -0.494 e. The number of nitrogens with one attached hydrogen (secondary N) is 1. The van der Waals surface area contributed by atoms with Gasteiger partial charge in [-0.05, 0) is 81.1 Å². The number of sulfonamides is 1. The first-order valence-corrected chi connectivity index (χ1v) is 16.6. The molecule has 0 radical (unpaired) electrons. The molecule has 0 aliphatic carbocycles. The number of carbonyl (C=O) groups is 2. The lowest BCUT2D eigenvalue weighted by atomic mass is 10.1. The Morgan fingerprint density at radius 2 is 1.56 bits per heavy atom. The first kappa shape index (κ1) is 35.2. The number of hydrogen-bond donors (Lipinski definition) is 1. The van der Waals surface area contributed by atoms with Crippen LogP contribution in [0.5, 0.6) is 17.2 Å². The number of rotatable bonds is 16. The van der Waals surface area contributed by atoms with Gasteiger partial charge in [-0.25, -0.2) is 8.42 Å². The van der Waals surface area contributed by atoms with Crippen LogP contribution in [0.15, 0.2) is 71.6 Å². The zero-order valence-corrected chi connectivity index (χ0v) is 28.0. The molecule has 0 aliphatic rings. The quantitative estimate of drug-likeness (QED) is 0.225. The van der Waals surface area contributed by atoms with Crippen LogP contribution in [-0.2, 0) is 26.2 Å². The van der Waals surface area contributed by atoms with Crippen LogP contribution in [0.1, 0.15) is 51.7 Å². The first-order valence-electron chi connectivity index (χ1n) is 15.1. The van der Waals surface area contributed by atoms with Gasteiger partial charge in [-0.3, -0.25) is 13.9 Å². The zero-order chi connectivity index (χ0) is 33.1. The summed E-state index contributed by atoms with van der Waals surface area (Å²) in [4.78, 5) is 29.2. The van der Waals surface area contributed by atoms with Gasteiger partial charge in [-0.2, -0.15) is 0 Å². The van der Waals surface area contributed by atoms with Crippen LogP contribution in [-0.4, -0.2) is 64.6 Å². The van der Waals surface area contributed by atoms with E-state index in [-0.39, 0.29) is 34.8 Å². The van der Waals surface area contributed by atoms with Gasteiger partial charge in [0.25, 0.3) is 10.0 Å². The molecule has 0 aliphatic heterocycles. The van der Waals surface area contributed by atoms with E-state index in [1.165, 1.54) is 37.3 Å². The van der Waals surface area contributed by atoms with E-state index in [9.17, 15) is 18.0 Å². The lowest BCUT2D eigenvalue weighted by molar-refractivity contribution is -0.140. The van der Waals surface area contributed by atoms with Gasteiger partial charge >= 0.3 is 0 Å². The smallest absolute Gasteiger partial charge is 0.264 e. The summed E-state index contributed by atoms with van der Waals surface area (Å²) in [7, 11) is -1.44. The summed E-state index contributed by atoms with van der Waals surface area (Å²) in [5.41, 5.74) is 2.07. The summed E-state index contributed by atoms with van der Waals surface area (Å²) in [6.07, 6.45) is 1.06. The second-order valence-corrected chi connectivity index (χ2v) is 12.5. The number of benzene rings is 3. The molecule has 0 fully saturated rings. The lowest BCUT2D eigenvalue weighted by Gasteiger charge is -2.34. The molecule has 3 aromatic rings. The number of aryl methyl sites for hydroxylation is 1. The predicted octanol–water partition coefficient (Wildman–Crippen LogP) is 5.33. The minimum absolute atomic E-state index is 0.0890. The molecule has 0 saturated carbocycles. The average molecular weight is 640 g/mol. The molecule has 3 aromatic carbocycles. The maximum atomic E-state index is 14.3. The molecule has 244 valence electrons. The molecule has 0 spiro atoms. The molecule has 3 rings (SSSR count). The number of nitrogens with zero attached hydrogens (tertiary/aromatic N) is 2. The van der Waals surface area contributed by atoms with Crippen molar-refractivity contribution in [3.63, 3.8) is 0 Å². The van der Waals surface area contributed by atoms with Crippen LogP contribution in [0.3, 0.4) is 0 Å². The van der Waals surface area contributed by atoms with Gasteiger partial charge < -0.3 is 24.4 Å². The van der Waals surface area contributed by atoms with E-state index < -0.39 is 28.5 Å². The summed E-state index contributed by atoms with van der Waals surface area (Å²) < 4.78 is 45.9. The average Bonchev–Trinajstić information content (AvgIpc) is 3.04. The first-order chi connectivity index (χ1) is 21.5. The van der Waals surface area contributed by atoms with E-state index >= 15 is 0 Å². The summed E-state index contributed by atoms with van der Waals surface area (Å²) in [5, 5.41) is 2.99. The topological polar surface area (TPSA) is 114 Å². The van der Waals surface area contributed by atoms with Crippen molar-refractivity contribution in [3.05, 3.63) is 77.9 Å². The van der Waals surface area contributed by atoms with E-state index in [1.54, 1.807) is 24.3 Å². The molecule has 2 unspecified atom stereocenters. The van der Waals surface area contributed by atoms with E-state index in [2.05, 4.69) is 5.32 Å². The van der Waals surface area contributed by atoms with Crippen LogP contribution in [0, 0.1) is 6.92 Å². The number of hydrogen-bond acceptors (Lipinski definition) is 7. The van der Waals surface area contributed by atoms with Gasteiger partial charge in [-0.15, -0.1) is 0 Å². The minimum atomic E-state index is -4.31. The Balaban J connectivity index is 2.12. The van der Waals surface area contributed by atoms with E-state index in [0.29, 0.717) is 24.5 Å². The SMILES string of the molecule is CCOc1ccc(N(CC(=O)N(Cc2ccccc2C)C(CC)C(=O)NC(C)CC)S(=O)(=O)c2ccc(OC)c(OC)c2)cc1. The van der Waals surface area contributed by atoms with Crippen molar-refractivity contribution < 1.29 is 32.2 Å². The summed E-state index contributed by atoms with van der Waals surface area (Å²) >= 11 is 0. The zero-order valence-electron chi connectivity index (χ0n) is 27.2. The third-order valence-corrected chi connectivity index (χ3v) is 9.42. The molecule has 0 heterocycles. The van der Waals surface area contributed by atoms with Crippen molar-refractivity contribution in [1.29, 1.82) is 0 Å². The van der Waals surface area contributed by atoms with E-state index in [1.807, 2.05) is 58.9 Å². The van der Waals surface area contributed by atoms with Crippen LogP contribution < -0.4 is 23.8 Å². The molecule has 0 saturated heterocycles. The molecule has 0 bridgehead atoms. The highest BCUT2D eigenvalue weighted by Crippen LogP contribution is 2.33. The second-order valence-electron chi connectivity index (χ2n) is 10.6. The van der Waals surface area contributed by atoms with E-state index in [0.717, 1.165) is 21.9 Å². The fourth-order valence-electron chi connectivity index (χ4n) is 4.84. The molecular formula is C34H45N3O7S. The van der Waals surface area contributed by atoms with Crippen LogP contribution in [0.2, 0.25) is 0 Å². The molecule has 2 atom stereocenters. The number of ether oxygens (including phenoxy) is 3. The Morgan fingerprint density at radius 3 is 2.13 bits per heavy atom. The largest absolute Gasteiger partial charge is 0.494 e. The van der Waals surface area contributed by atoms with Crippen molar-refractivity contribution in [2.75, 3.05) is 31.7 Å². The van der Waals surface area contributed by atoms with Crippen molar-refractivity contribution in [3.8, 4) is 17.2 Å². The number of anilines is 1. The van der Waals surface area contributed by atoms with Gasteiger partial charge in [0.05, 0.1) is 31.4 Å². The van der Waals surface area contributed by atoms with Gasteiger partial charge in [0.1, 0.15) is 18.3 Å². The molecule has 11 heteroatoms. The molecular weight excluding hydrogens is 594 g/mol. The standard InChI is InChI=1S/C34H45N3O7S/c1-8-25(5)35-34(39)30(9-2)36(22-26-14-12-11-13-24(26)4)33(38)23-37(27-15-17-28(18-16-27)44-10-3)45(40,41)29-19-20-31(42-6)32(21-29)43-7/h11-21,25,30H,8-10,22-23H2,1-7H3,(H,35,39). The highest BCUT2D eigenvalue weighted by Gasteiger charge is 2.34. The third kappa shape index (κ3) is 8.69. The fraction of sp³-hybridized carbons (Fsp3) is 0.412. The Morgan fingerprint density at radius 1 is 0.889 bits per heavy atom. The molecule has 2 amide bonds. The second kappa shape index (κ2) is 16.2. The maximum absolute atomic E-state index is 14.3. The Labute approximate surface area is 267 Å². The Kier molecular flexibility index (Phi) is 12.7. The summed E-state index contributed by atoms with van der Waals surface area (Å²) in [6.45, 7) is 9.52. The van der Waals surface area contributed by atoms with Crippen molar-refractivity contribution in [2.24, 2.45) is 0 Å². The Hall–Kier alpha value is -4.25. The number of carbonyl (C=O) groups excluding carboxylic acids is 2. The third-order valence-electron chi connectivity index (χ3n) is 7.65. The monoisotopic (exact) mass is 639 g/mol. The lowest BCUT2D eigenvalue weighted by Crippen LogP contribution is -2.53. The van der Waals surface area contributed by atoms with Crippen molar-refractivity contribution in [1.82, 2.24) is 10.2 Å². The molecule has 0 aromatic heterocycles. The predicted molar refractivity (Wildman–Crippen MR) is 175 cm³/mol. The Bertz CT molecular complexity index is 1540. The van der Waals surface area contributed by atoms with Crippen LogP contribution in [0.4, 0.5) is 5.69 Å². The maximum Gasteiger partial charge on any atom is 0.264 e. The molecule has 1 N–H and O–H groups in total. The van der Waals surface area contributed by atoms with E-state index in [4.69, 9.17) is 14.2 Å².